The van der Waals surface area contributed by atoms with Crippen LogP contribution >= 0.6 is 0 Å². The van der Waals surface area contributed by atoms with Crippen molar-refractivity contribution in [3.05, 3.63) is 42.2 Å². The van der Waals surface area contributed by atoms with Gasteiger partial charge in [0.1, 0.15) is 5.75 Å². The van der Waals surface area contributed by atoms with Crippen LogP contribution in [-0.2, 0) is 0 Å². The van der Waals surface area contributed by atoms with E-state index in [0.717, 1.165) is 22.7 Å². The Morgan fingerprint density at radius 1 is 1.20 bits per heavy atom. The fourth-order valence-electron chi connectivity index (χ4n) is 1.55. The molecule has 0 atom stereocenters. The number of nitrogen functional groups attached to an aromatic ring is 1. The van der Waals surface area contributed by atoms with Gasteiger partial charge in [-0.3, -0.25) is 0 Å². The lowest BCUT2D eigenvalue weighted by atomic mass is 10.1. The van der Waals surface area contributed by atoms with E-state index in [4.69, 9.17) is 10.5 Å². The molecule has 0 fully saturated rings. The Kier molecular flexibility index (Phi) is 2.37. The first-order valence-electron chi connectivity index (χ1n) is 4.80. The average molecular weight is 202 g/mol. The van der Waals surface area contributed by atoms with Gasteiger partial charge in [-0.15, -0.1) is 0 Å². The van der Waals surface area contributed by atoms with Gasteiger partial charge in [0.05, 0.1) is 12.8 Å². The number of methoxy groups -OCH3 is 1. The number of aromatic nitrogens is 1. The van der Waals surface area contributed by atoms with E-state index in [-0.39, 0.29) is 0 Å². The molecule has 3 heteroatoms. The molecular weight excluding hydrogens is 188 g/mol. The van der Waals surface area contributed by atoms with E-state index < -0.39 is 0 Å². The van der Waals surface area contributed by atoms with E-state index >= 15 is 0 Å². The molecule has 0 aliphatic heterocycles. The van der Waals surface area contributed by atoms with Gasteiger partial charge in [0.2, 0.25) is 0 Å². The molecule has 2 aromatic rings. The molecule has 1 aromatic heterocycles. The number of ether oxygens (including phenoxy) is 1. The SMILES string of the molecule is COc1cc(N)c(C)cc1-n1cccc1. The first-order chi connectivity index (χ1) is 7.22. The molecule has 0 saturated heterocycles. The summed E-state index contributed by atoms with van der Waals surface area (Å²) in [5.74, 6) is 0.786. The Morgan fingerprint density at radius 3 is 2.47 bits per heavy atom. The number of nitrogens with two attached hydrogens (primary N) is 1. The Balaban J connectivity index is 2.60. The summed E-state index contributed by atoms with van der Waals surface area (Å²) >= 11 is 0. The zero-order valence-electron chi connectivity index (χ0n) is 8.90. The minimum absolute atomic E-state index is 0.753. The fourth-order valence-corrected chi connectivity index (χ4v) is 1.55. The molecule has 2 N–H and O–H groups in total. The average Bonchev–Trinajstić information content (AvgIpc) is 2.74. The molecular formula is C12H14N2O. The third-order valence-electron chi connectivity index (χ3n) is 2.45. The third kappa shape index (κ3) is 1.68. The highest BCUT2D eigenvalue weighted by atomic mass is 16.5. The van der Waals surface area contributed by atoms with Gasteiger partial charge in [-0.05, 0) is 30.7 Å². The summed E-state index contributed by atoms with van der Waals surface area (Å²) in [7, 11) is 1.65. The van der Waals surface area contributed by atoms with E-state index in [1.54, 1.807) is 7.11 Å². The number of aryl methyl sites for hydroxylation is 1. The van der Waals surface area contributed by atoms with Gasteiger partial charge in [-0.25, -0.2) is 0 Å². The molecule has 0 unspecified atom stereocenters. The maximum atomic E-state index is 5.83. The first kappa shape index (κ1) is 9.65. The van der Waals surface area contributed by atoms with Gasteiger partial charge in [0.25, 0.3) is 0 Å². The van der Waals surface area contributed by atoms with E-state index in [2.05, 4.69) is 0 Å². The number of benzene rings is 1. The van der Waals surface area contributed by atoms with Crippen LogP contribution in [0.5, 0.6) is 5.75 Å². The Hall–Kier alpha value is -1.90. The van der Waals surface area contributed by atoms with Crippen molar-refractivity contribution in [1.29, 1.82) is 0 Å². The van der Waals surface area contributed by atoms with Crippen molar-refractivity contribution in [3.8, 4) is 11.4 Å². The minimum atomic E-state index is 0.753. The fraction of sp³-hybridized carbons (Fsp3) is 0.167. The van der Waals surface area contributed by atoms with Crippen LogP contribution in [0.3, 0.4) is 0 Å². The lowest BCUT2D eigenvalue weighted by molar-refractivity contribution is 0.413. The quantitative estimate of drug-likeness (QED) is 0.759. The van der Waals surface area contributed by atoms with Crippen LogP contribution in [0.25, 0.3) is 5.69 Å². The number of rotatable bonds is 2. The van der Waals surface area contributed by atoms with Crippen molar-refractivity contribution >= 4 is 5.69 Å². The number of anilines is 1. The molecule has 0 amide bonds. The second-order valence-corrected chi connectivity index (χ2v) is 3.47. The Bertz CT molecular complexity index is 461. The molecule has 0 spiro atoms. The Labute approximate surface area is 89.1 Å². The molecule has 0 radical (unpaired) electrons. The first-order valence-corrected chi connectivity index (χ1v) is 4.80. The standard InChI is InChI=1S/C12H14N2O/c1-9-7-11(14-5-3-4-6-14)12(15-2)8-10(9)13/h3-8H,13H2,1-2H3. The molecule has 0 bridgehead atoms. The monoisotopic (exact) mass is 202 g/mol. The van der Waals surface area contributed by atoms with Gasteiger partial charge < -0.3 is 15.0 Å². The van der Waals surface area contributed by atoms with Gasteiger partial charge >= 0.3 is 0 Å². The summed E-state index contributed by atoms with van der Waals surface area (Å²) in [4.78, 5) is 0. The van der Waals surface area contributed by atoms with Crippen molar-refractivity contribution in [3.63, 3.8) is 0 Å². The van der Waals surface area contributed by atoms with Crippen LogP contribution in [0, 0.1) is 6.92 Å². The topological polar surface area (TPSA) is 40.2 Å². The van der Waals surface area contributed by atoms with E-state index in [1.807, 2.05) is 48.1 Å². The molecule has 3 nitrogen and oxygen atoms in total. The smallest absolute Gasteiger partial charge is 0.144 e. The second kappa shape index (κ2) is 3.69. The van der Waals surface area contributed by atoms with Gasteiger partial charge in [0.15, 0.2) is 0 Å². The lowest BCUT2D eigenvalue weighted by Gasteiger charge is -2.12. The number of hydrogen-bond acceptors (Lipinski definition) is 2. The number of nitrogens with zero attached hydrogens (tertiary/aromatic N) is 1. The highest BCUT2D eigenvalue weighted by Gasteiger charge is 2.06. The van der Waals surface area contributed by atoms with Gasteiger partial charge in [-0.1, -0.05) is 0 Å². The lowest BCUT2D eigenvalue weighted by Crippen LogP contribution is -1.99. The molecule has 78 valence electrons. The van der Waals surface area contributed by atoms with Crippen molar-refractivity contribution in [2.24, 2.45) is 0 Å². The van der Waals surface area contributed by atoms with Gasteiger partial charge in [-0.2, -0.15) is 0 Å². The summed E-state index contributed by atoms with van der Waals surface area (Å²) in [6.07, 6.45) is 3.96. The Morgan fingerprint density at radius 2 is 1.87 bits per heavy atom. The van der Waals surface area contributed by atoms with Crippen molar-refractivity contribution in [2.75, 3.05) is 12.8 Å². The number of hydrogen-bond donors (Lipinski definition) is 1. The van der Waals surface area contributed by atoms with Crippen molar-refractivity contribution in [2.45, 2.75) is 6.92 Å². The summed E-state index contributed by atoms with van der Waals surface area (Å²) in [6.45, 7) is 1.99. The highest BCUT2D eigenvalue weighted by Crippen LogP contribution is 2.28. The summed E-state index contributed by atoms with van der Waals surface area (Å²) in [6, 6.07) is 7.83. The third-order valence-corrected chi connectivity index (χ3v) is 2.45. The van der Waals surface area contributed by atoms with E-state index in [9.17, 15) is 0 Å². The summed E-state index contributed by atoms with van der Waals surface area (Å²) < 4.78 is 7.31. The molecule has 15 heavy (non-hydrogen) atoms. The molecule has 1 heterocycles. The highest BCUT2D eigenvalue weighted by molar-refractivity contribution is 5.60. The van der Waals surface area contributed by atoms with Crippen LogP contribution in [0.4, 0.5) is 5.69 Å². The molecule has 0 aliphatic rings. The van der Waals surface area contributed by atoms with Crippen molar-refractivity contribution < 1.29 is 4.74 Å². The molecule has 0 aliphatic carbocycles. The maximum Gasteiger partial charge on any atom is 0.144 e. The minimum Gasteiger partial charge on any atom is -0.494 e. The van der Waals surface area contributed by atoms with Crippen molar-refractivity contribution in [1.82, 2.24) is 4.57 Å². The van der Waals surface area contributed by atoms with E-state index in [1.165, 1.54) is 0 Å². The van der Waals surface area contributed by atoms with Gasteiger partial charge in [0, 0.05) is 24.1 Å². The predicted molar refractivity (Wildman–Crippen MR) is 61.5 cm³/mol. The maximum absolute atomic E-state index is 5.83. The molecule has 0 saturated carbocycles. The van der Waals surface area contributed by atoms with Crippen LogP contribution < -0.4 is 10.5 Å². The second-order valence-electron chi connectivity index (χ2n) is 3.47. The zero-order chi connectivity index (χ0) is 10.8. The van der Waals surface area contributed by atoms with Crippen LogP contribution in [0.15, 0.2) is 36.7 Å². The molecule has 1 aromatic carbocycles. The largest absolute Gasteiger partial charge is 0.494 e. The van der Waals surface area contributed by atoms with Crippen LogP contribution in [-0.4, -0.2) is 11.7 Å². The summed E-state index contributed by atoms with van der Waals surface area (Å²) in [5, 5.41) is 0. The van der Waals surface area contributed by atoms with E-state index in [0.29, 0.717) is 0 Å². The van der Waals surface area contributed by atoms with Crippen LogP contribution in [0.1, 0.15) is 5.56 Å². The molecule has 2 rings (SSSR count). The zero-order valence-corrected chi connectivity index (χ0v) is 8.90. The van der Waals surface area contributed by atoms with Crippen LogP contribution in [0.2, 0.25) is 0 Å². The normalized spacial score (nSPS) is 10.3. The summed E-state index contributed by atoms with van der Waals surface area (Å²) in [5.41, 5.74) is 8.65. The predicted octanol–water partition coefficient (Wildman–Crippen LogP) is 2.38.